The number of amides is 3. The second-order valence-corrected chi connectivity index (χ2v) is 10.1. The molecule has 0 bridgehead atoms. The SMILES string of the molecule is O=C(NCCO)N1CCC(C2=CC(C(=O)N3CCCC4CCCCC43)CS2)CC1. The van der Waals surface area contributed by atoms with Crippen LogP contribution in [0, 0.1) is 17.8 Å². The Labute approximate surface area is 178 Å². The number of hydrogen-bond acceptors (Lipinski definition) is 4. The molecule has 3 amide bonds. The predicted octanol–water partition coefficient (Wildman–Crippen LogP) is 2.83. The van der Waals surface area contributed by atoms with Gasteiger partial charge in [0.2, 0.25) is 5.91 Å². The van der Waals surface area contributed by atoms with E-state index in [1.807, 2.05) is 16.7 Å². The van der Waals surface area contributed by atoms with Crippen molar-refractivity contribution in [1.29, 1.82) is 0 Å². The molecule has 4 rings (SSSR count). The molecule has 29 heavy (non-hydrogen) atoms. The third-order valence-corrected chi connectivity index (χ3v) is 8.54. The Morgan fingerprint density at radius 2 is 1.83 bits per heavy atom. The number of nitrogens with one attached hydrogen (secondary N) is 1. The Kier molecular flexibility index (Phi) is 7.06. The summed E-state index contributed by atoms with van der Waals surface area (Å²) in [5.41, 5.74) is 0. The minimum atomic E-state index is -0.0780. The van der Waals surface area contributed by atoms with Gasteiger partial charge >= 0.3 is 6.03 Å². The molecule has 3 atom stereocenters. The van der Waals surface area contributed by atoms with E-state index in [0.717, 1.165) is 44.1 Å². The normalized spacial score (nSPS) is 30.7. The van der Waals surface area contributed by atoms with Crippen molar-refractivity contribution in [2.45, 2.75) is 57.4 Å². The quantitative estimate of drug-likeness (QED) is 0.732. The summed E-state index contributed by atoms with van der Waals surface area (Å²) in [6.45, 7) is 2.72. The lowest BCUT2D eigenvalue weighted by Gasteiger charge is -2.44. The van der Waals surface area contributed by atoms with Crippen LogP contribution in [0.5, 0.6) is 0 Å². The van der Waals surface area contributed by atoms with Crippen molar-refractivity contribution in [3.63, 3.8) is 0 Å². The maximum absolute atomic E-state index is 13.3. The fourth-order valence-electron chi connectivity index (χ4n) is 5.63. The molecule has 2 N–H and O–H groups in total. The first-order valence-electron chi connectivity index (χ1n) is 11.5. The lowest BCUT2D eigenvalue weighted by Crippen LogP contribution is -2.51. The highest BCUT2D eigenvalue weighted by Gasteiger charge is 2.39. The standard InChI is InChI=1S/C22H35N3O3S/c26-13-9-23-22(28)24-11-7-17(8-12-24)20-14-18(15-29-20)21(27)25-10-3-5-16-4-1-2-6-19(16)25/h14,16-19,26H,1-13,15H2,(H,23,28). The maximum atomic E-state index is 13.3. The van der Waals surface area contributed by atoms with Crippen LogP contribution in [0.3, 0.4) is 0 Å². The van der Waals surface area contributed by atoms with E-state index < -0.39 is 0 Å². The monoisotopic (exact) mass is 421 g/mol. The number of nitrogens with zero attached hydrogens (tertiary/aromatic N) is 2. The molecule has 2 saturated heterocycles. The van der Waals surface area contributed by atoms with Crippen molar-refractivity contribution in [3.05, 3.63) is 11.0 Å². The first kappa shape index (κ1) is 21.0. The molecular formula is C22H35N3O3S. The van der Waals surface area contributed by atoms with Crippen LogP contribution >= 0.6 is 11.8 Å². The van der Waals surface area contributed by atoms with E-state index in [4.69, 9.17) is 5.11 Å². The summed E-state index contributed by atoms with van der Waals surface area (Å²) in [5, 5.41) is 11.6. The van der Waals surface area contributed by atoms with Crippen LogP contribution in [0.15, 0.2) is 11.0 Å². The van der Waals surface area contributed by atoms with Crippen LogP contribution in [0.25, 0.3) is 0 Å². The smallest absolute Gasteiger partial charge is 0.317 e. The van der Waals surface area contributed by atoms with Crippen molar-refractivity contribution < 1.29 is 14.7 Å². The van der Waals surface area contributed by atoms with Crippen LogP contribution in [-0.2, 0) is 4.79 Å². The topological polar surface area (TPSA) is 72.9 Å². The molecule has 6 nitrogen and oxygen atoms in total. The van der Waals surface area contributed by atoms with Gasteiger partial charge in [0.25, 0.3) is 0 Å². The average molecular weight is 422 g/mol. The van der Waals surface area contributed by atoms with Crippen LogP contribution in [0.2, 0.25) is 0 Å². The van der Waals surface area contributed by atoms with Gasteiger partial charge in [0, 0.05) is 38.0 Å². The number of aliphatic hydroxyl groups excluding tert-OH is 1. The number of rotatable bonds is 4. The largest absolute Gasteiger partial charge is 0.395 e. The summed E-state index contributed by atoms with van der Waals surface area (Å²) in [6.07, 6.45) is 11.8. The fraction of sp³-hybridized carbons (Fsp3) is 0.818. The third-order valence-electron chi connectivity index (χ3n) is 7.21. The van der Waals surface area contributed by atoms with Gasteiger partial charge in [-0.1, -0.05) is 18.9 Å². The highest BCUT2D eigenvalue weighted by Crippen LogP contribution is 2.41. The number of thioether (sulfide) groups is 1. The summed E-state index contributed by atoms with van der Waals surface area (Å²) in [5.74, 6) is 2.51. The van der Waals surface area contributed by atoms with Crippen LogP contribution < -0.4 is 5.32 Å². The van der Waals surface area contributed by atoms with Gasteiger partial charge in [-0.05, 0) is 55.3 Å². The van der Waals surface area contributed by atoms with Crippen molar-refractivity contribution in [2.24, 2.45) is 17.8 Å². The highest BCUT2D eigenvalue weighted by atomic mass is 32.2. The molecule has 0 aromatic heterocycles. The van der Waals surface area contributed by atoms with Gasteiger partial charge in [-0.15, -0.1) is 11.8 Å². The molecule has 0 aromatic carbocycles. The molecule has 0 aromatic rings. The zero-order chi connectivity index (χ0) is 20.2. The number of urea groups is 1. The summed E-state index contributed by atoms with van der Waals surface area (Å²) in [7, 11) is 0. The zero-order valence-corrected chi connectivity index (χ0v) is 18.2. The van der Waals surface area contributed by atoms with E-state index in [9.17, 15) is 9.59 Å². The Balaban J connectivity index is 1.31. The Bertz CT molecular complexity index is 631. The van der Waals surface area contributed by atoms with Crippen molar-refractivity contribution in [1.82, 2.24) is 15.1 Å². The highest BCUT2D eigenvalue weighted by molar-refractivity contribution is 8.03. The second-order valence-electron chi connectivity index (χ2n) is 8.99. The van der Waals surface area contributed by atoms with Gasteiger partial charge in [0.05, 0.1) is 12.5 Å². The molecule has 3 unspecified atom stereocenters. The zero-order valence-electron chi connectivity index (χ0n) is 17.4. The van der Waals surface area contributed by atoms with Gasteiger partial charge in [-0.3, -0.25) is 4.79 Å². The molecule has 3 fully saturated rings. The molecule has 1 saturated carbocycles. The van der Waals surface area contributed by atoms with E-state index in [2.05, 4.69) is 16.3 Å². The summed E-state index contributed by atoms with van der Waals surface area (Å²) in [6, 6.07) is 0.416. The summed E-state index contributed by atoms with van der Waals surface area (Å²) >= 11 is 1.86. The third kappa shape index (κ3) is 4.76. The van der Waals surface area contributed by atoms with E-state index in [0.29, 0.717) is 24.4 Å². The van der Waals surface area contributed by atoms with E-state index in [1.54, 1.807) is 0 Å². The van der Waals surface area contributed by atoms with Gasteiger partial charge < -0.3 is 20.2 Å². The lowest BCUT2D eigenvalue weighted by molar-refractivity contribution is -0.139. The van der Waals surface area contributed by atoms with Crippen LogP contribution in [0.1, 0.15) is 51.4 Å². The van der Waals surface area contributed by atoms with Gasteiger partial charge in [-0.25, -0.2) is 4.79 Å². The van der Waals surface area contributed by atoms with Gasteiger partial charge in [0.1, 0.15) is 0 Å². The van der Waals surface area contributed by atoms with E-state index >= 15 is 0 Å². The molecule has 0 radical (unpaired) electrons. The Hall–Kier alpha value is -1.21. The van der Waals surface area contributed by atoms with E-state index in [1.165, 1.54) is 43.4 Å². The van der Waals surface area contributed by atoms with E-state index in [-0.39, 0.29) is 18.6 Å². The number of likely N-dealkylation sites (tertiary alicyclic amines) is 2. The maximum Gasteiger partial charge on any atom is 0.317 e. The lowest BCUT2D eigenvalue weighted by atomic mass is 9.78. The number of carbonyl (C=O) groups is 2. The summed E-state index contributed by atoms with van der Waals surface area (Å²) in [4.78, 5) is 30.8. The molecule has 4 aliphatic rings. The molecule has 3 aliphatic heterocycles. The van der Waals surface area contributed by atoms with Crippen molar-refractivity contribution >= 4 is 23.7 Å². The molecule has 7 heteroatoms. The Morgan fingerprint density at radius 3 is 2.62 bits per heavy atom. The van der Waals surface area contributed by atoms with Crippen LogP contribution in [-0.4, -0.2) is 71.4 Å². The minimum Gasteiger partial charge on any atom is -0.395 e. The molecule has 162 valence electrons. The van der Waals surface area contributed by atoms with Gasteiger partial charge in [0.15, 0.2) is 0 Å². The fourth-order valence-corrected chi connectivity index (χ4v) is 6.97. The number of fused-ring (bicyclic) bond motifs is 1. The minimum absolute atomic E-state index is 0.0280. The number of aliphatic hydroxyl groups is 1. The first-order valence-corrected chi connectivity index (χ1v) is 12.4. The van der Waals surface area contributed by atoms with Gasteiger partial charge in [-0.2, -0.15) is 0 Å². The van der Waals surface area contributed by atoms with Crippen LogP contribution in [0.4, 0.5) is 4.79 Å². The molecule has 0 spiro atoms. The molecule has 1 aliphatic carbocycles. The number of carbonyl (C=O) groups excluding carboxylic acids is 2. The number of piperidine rings is 2. The summed E-state index contributed by atoms with van der Waals surface area (Å²) < 4.78 is 0. The Morgan fingerprint density at radius 1 is 1.07 bits per heavy atom. The average Bonchev–Trinajstić information content (AvgIpc) is 3.27. The molecular weight excluding hydrogens is 386 g/mol. The molecule has 3 heterocycles. The number of hydrogen-bond donors (Lipinski definition) is 2. The first-order chi connectivity index (χ1) is 14.2. The van der Waals surface area contributed by atoms with Crippen molar-refractivity contribution in [2.75, 3.05) is 38.5 Å². The second kappa shape index (κ2) is 9.73. The number of allylic oxidation sites excluding steroid dienone is 1. The predicted molar refractivity (Wildman–Crippen MR) is 116 cm³/mol. The van der Waals surface area contributed by atoms with Crippen molar-refractivity contribution in [3.8, 4) is 0 Å².